The molecule has 2 aromatic carbocycles. The maximum atomic E-state index is 13.3. The van der Waals surface area contributed by atoms with Gasteiger partial charge < -0.3 is 30.3 Å². The lowest BCUT2D eigenvalue weighted by molar-refractivity contribution is -0.134. The van der Waals surface area contributed by atoms with Crippen LogP contribution in [0.5, 0.6) is 5.75 Å². The third-order valence-electron chi connectivity index (χ3n) is 6.70. The monoisotopic (exact) mass is 494 g/mol. The number of amides is 4. The average molecular weight is 495 g/mol. The summed E-state index contributed by atoms with van der Waals surface area (Å²) in [4.78, 5) is 39.6. The Morgan fingerprint density at radius 3 is 2.67 bits per heavy atom. The molecule has 3 N–H and O–H groups in total. The molecule has 36 heavy (non-hydrogen) atoms. The van der Waals surface area contributed by atoms with Crippen molar-refractivity contribution in [2.75, 3.05) is 25.5 Å². The van der Waals surface area contributed by atoms with Gasteiger partial charge >= 0.3 is 6.03 Å². The molecule has 0 aliphatic carbocycles. The molecule has 4 amide bonds. The van der Waals surface area contributed by atoms with Crippen molar-refractivity contribution in [3.8, 4) is 5.75 Å². The molecule has 1 saturated heterocycles. The van der Waals surface area contributed by atoms with E-state index in [1.165, 1.54) is 0 Å². The van der Waals surface area contributed by atoms with Crippen LogP contribution < -0.4 is 20.7 Å². The Hall–Kier alpha value is -3.59. The molecule has 1 fully saturated rings. The number of benzene rings is 2. The first-order valence-corrected chi connectivity index (χ1v) is 12.4. The minimum atomic E-state index is -0.349. The van der Waals surface area contributed by atoms with Gasteiger partial charge in [0.15, 0.2) is 0 Å². The molecule has 9 heteroatoms. The zero-order chi connectivity index (χ0) is 25.7. The fourth-order valence-corrected chi connectivity index (χ4v) is 4.77. The van der Waals surface area contributed by atoms with E-state index in [2.05, 4.69) is 16.0 Å². The molecule has 0 unspecified atom stereocenters. The van der Waals surface area contributed by atoms with Crippen LogP contribution in [-0.4, -0.2) is 61.2 Å². The van der Waals surface area contributed by atoms with Crippen molar-refractivity contribution < 1.29 is 23.9 Å². The number of nitrogens with one attached hydrogen (secondary N) is 3. The van der Waals surface area contributed by atoms with Gasteiger partial charge in [0.2, 0.25) is 5.91 Å². The predicted octanol–water partition coefficient (Wildman–Crippen LogP) is 3.48. The van der Waals surface area contributed by atoms with Crippen LogP contribution in [0.15, 0.2) is 48.5 Å². The highest BCUT2D eigenvalue weighted by Crippen LogP contribution is 2.32. The first-order chi connectivity index (χ1) is 17.4. The van der Waals surface area contributed by atoms with Crippen LogP contribution in [0.25, 0.3) is 0 Å². The van der Waals surface area contributed by atoms with E-state index in [4.69, 9.17) is 9.47 Å². The van der Waals surface area contributed by atoms with Crippen molar-refractivity contribution in [3.63, 3.8) is 0 Å². The zero-order valence-electron chi connectivity index (χ0n) is 21.0. The lowest BCUT2D eigenvalue weighted by atomic mass is 9.94. The van der Waals surface area contributed by atoms with E-state index in [0.29, 0.717) is 36.4 Å². The zero-order valence-corrected chi connectivity index (χ0v) is 21.0. The number of urea groups is 1. The summed E-state index contributed by atoms with van der Waals surface area (Å²) in [6.07, 6.45) is 1.03. The summed E-state index contributed by atoms with van der Waals surface area (Å²) < 4.78 is 12.3. The normalized spacial score (nSPS) is 22.1. The Morgan fingerprint density at radius 2 is 1.92 bits per heavy atom. The van der Waals surface area contributed by atoms with E-state index in [1.54, 1.807) is 30.1 Å². The highest BCUT2D eigenvalue weighted by atomic mass is 16.5. The van der Waals surface area contributed by atoms with Crippen molar-refractivity contribution in [1.29, 1.82) is 0 Å². The van der Waals surface area contributed by atoms with Crippen LogP contribution in [-0.2, 0) is 9.53 Å². The molecule has 2 aliphatic rings. The molecular formula is C27H34N4O5. The Bertz CT molecular complexity index is 1090. The van der Waals surface area contributed by atoms with Gasteiger partial charge in [-0.1, -0.05) is 30.3 Å². The van der Waals surface area contributed by atoms with Gasteiger partial charge in [-0.15, -0.1) is 0 Å². The van der Waals surface area contributed by atoms with Gasteiger partial charge in [-0.25, -0.2) is 4.79 Å². The van der Waals surface area contributed by atoms with E-state index >= 15 is 0 Å². The quantitative estimate of drug-likeness (QED) is 0.570. The van der Waals surface area contributed by atoms with E-state index in [1.807, 2.05) is 44.2 Å². The molecule has 4 rings (SSSR count). The van der Waals surface area contributed by atoms with Crippen molar-refractivity contribution in [1.82, 2.24) is 15.5 Å². The highest BCUT2D eigenvalue weighted by Gasteiger charge is 2.39. The van der Waals surface area contributed by atoms with Gasteiger partial charge in [-0.2, -0.15) is 0 Å². The number of hydrogen-bond donors (Lipinski definition) is 3. The van der Waals surface area contributed by atoms with Crippen LogP contribution in [0.3, 0.4) is 0 Å². The second kappa shape index (κ2) is 11.4. The number of nitrogens with zero attached hydrogens (tertiary/aromatic N) is 1. The second-order valence-corrected chi connectivity index (χ2v) is 9.27. The molecule has 0 saturated carbocycles. The highest BCUT2D eigenvalue weighted by molar-refractivity contribution is 5.99. The van der Waals surface area contributed by atoms with E-state index in [0.717, 1.165) is 5.56 Å². The summed E-state index contributed by atoms with van der Waals surface area (Å²) in [5.74, 6) is 0.172. The number of anilines is 1. The Kier molecular flexibility index (Phi) is 8.10. The van der Waals surface area contributed by atoms with Gasteiger partial charge in [0.1, 0.15) is 18.5 Å². The number of ether oxygens (including phenoxy) is 2. The summed E-state index contributed by atoms with van der Waals surface area (Å²) in [5.41, 5.74) is 1.95. The summed E-state index contributed by atoms with van der Waals surface area (Å²) >= 11 is 0. The first kappa shape index (κ1) is 25.5. The number of likely N-dealkylation sites (N-methyl/N-ethyl adjacent to an activating group) is 1. The summed E-state index contributed by atoms with van der Waals surface area (Å²) in [6.45, 7) is 4.55. The topological polar surface area (TPSA) is 109 Å². The lowest BCUT2D eigenvalue weighted by Crippen LogP contribution is -2.54. The third-order valence-corrected chi connectivity index (χ3v) is 6.70. The van der Waals surface area contributed by atoms with E-state index in [-0.39, 0.29) is 55.2 Å². The third kappa shape index (κ3) is 5.96. The molecule has 0 bridgehead atoms. The van der Waals surface area contributed by atoms with Crippen molar-refractivity contribution in [3.05, 3.63) is 59.7 Å². The van der Waals surface area contributed by atoms with Gasteiger partial charge in [0.25, 0.3) is 5.91 Å². The smallest absolute Gasteiger partial charge is 0.319 e. The summed E-state index contributed by atoms with van der Waals surface area (Å²) in [6, 6.07) is 14.2. The average Bonchev–Trinajstić information content (AvgIpc) is 2.87. The maximum absolute atomic E-state index is 13.3. The van der Waals surface area contributed by atoms with E-state index < -0.39 is 0 Å². The second-order valence-electron chi connectivity index (χ2n) is 9.27. The van der Waals surface area contributed by atoms with E-state index in [9.17, 15) is 14.4 Å². The van der Waals surface area contributed by atoms with Gasteiger partial charge in [-0.05, 0) is 50.5 Å². The van der Waals surface area contributed by atoms with Crippen LogP contribution >= 0.6 is 0 Å². The number of carbonyl (C=O) groups excluding carboxylic acids is 3. The molecule has 9 nitrogen and oxygen atoms in total. The number of hydrogen-bond acceptors (Lipinski definition) is 5. The standard InChI is InChI=1S/C27H34N4O5/c1-4-28-27(34)30-19-10-13-23-21(14-19)26(33)31(3)22-12-11-20(36-24(22)16-35-23)15-25(32)29-17(2)18-8-6-5-7-9-18/h5-10,13-14,17,20,22,24H,4,11-12,15-16H2,1-3H3,(H,29,32)(H2,28,30,34)/t17-,20+,22-,24-/m0/s1. The minimum absolute atomic E-state index is 0.0662. The van der Waals surface area contributed by atoms with Gasteiger partial charge in [0, 0.05) is 19.3 Å². The van der Waals surface area contributed by atoms with Crippen LogP contribution in [0.1, 0.15) is 55.1 Å². The molecule has 2 heterocycles. The van der Waals surface area contributed by atoms with Crippen LogP contribution in [0, 0.1) is 0 Å². The molecular weight excluding hydrogens is 460 g/mol. The van der Waals surface area contributed by atoms with Crippen molar-refractivity contribution >= 4 is 23.5 Å². The van der Waals surface area contributed by atoms with Crippen molar-refractivity contribution in [2.24, 2.45) is 0 Å². The fourth-order valence-electron chi connectivity index (χ4n) is 4.77. The molecule has 192 valence electrons. The number of rotatable bonds is 6. The van der Waals surface area contributed by atoms with Gasteiger partial charge in [-0.3, -0.25) is 9.59 Å². The Morgan fingerprint density at radius 1 is 1.14 bits per heavy atom. The fraction of sp³-hybridized carbons (Fsp3) is 0.444. The molecule has 2 aliphatic heterocycles. The lowest BCUT2D eigenvalue weighted by Gasteiger charge is -2.42. The maximum Gasteiger partial charge on any atom is 0.319 e. The molecule has 0 radical (unpaired) electrons. The van der Waals surface area contributed by atoms with Crippen LogP contribution in [0.2, 0.25) is 0 Å². The minimum Gasteiger partial charge on any atom is -0.490 e. The van der Waals surface area contributed by atoms with Crippen LogP contribution in [0.4, 0.5) is 10.5 Å². The number of carbonyl (C=O) groups is 3. The molecule has 0 spiro atoms. The molecule has 0 aromatic heterocycles. The summed E-state index contributed by atoms with van der Waals surface area (Å²) in [5, 5.41) is 8.44. The SMILES string of the molecule is CCNC(=O)Nc1ccc2c(c1)C(=O)N(C)[C@H]1CC[C@H](CC(=O)N[C@@H](C)c3ccccc3)O[C@H]1CO2. The largest absolute Gasteiger partial charge is 0.490 e. The Balaban J connectivity index is 1.39. The number of fused-ring (bicyclic) bond motifs is 2. The predicted molar refractivity (Wildman–Crippen MR) is 136 cm³/mol. The van der Waals surface area contributed by atoms with Crippen molar-refractivity contribution in [2.45, 2.75) is 57.4 Å². The summed E-state index contributed by atoms with van der Waals surface area (Å²) in [7, 11) is 1.76. The molecule has 2 aromatic rings. The first-order valence-electron chi connectivity index (χ1n) is 12.4. The Labute approximate surface area is 211 Å². The molecule has 4 atom stereocenters. The van der Waals surface area contributed by atoms with Gasteiger partial charge in [0.05, 0.1) is 30.2 Å².